The smallest absolute Gasteiger partial charge is 0.419 e. The van der Waals surface area contributed by atoms with E-state index in [1.54, 1.807) is 4.90 Å². The summed E-state index contributed by atoms with van der Waals surface area (Å²) in [4.78, 5) is 22.2. The Morgan fingerprint density at radius 1 is 1.21 bits per heavy atom. The first kappa shape index (κ1) is 20.2. The molecule has 0 unspecified atom stereocenters. The van der Waals surface area contributed by atoms with Crippen molar-refractivity contribution >= 4 is 11.9 Å². The molecule has 8 nitrogen and oxygen atoms in total. The molecule has 11 heteroatoms. The molecule has 1 aliphatic heterocycles. The molecule has 0 aliphatic carbocycles. The Balaban J connectivity index is 1.98. The van der Waals surface area contributed by atoms with E-state index in [1.807, 2.05) is 6.07 Å². The van der Waals surface area contributed by atoms with Crippen LogP contribution >= 0.6 is 0 Å². The second kappa shape index (κ2) is 7.83. The number of hydrogen-bond acceptors (Lipinski definition) is 6. The summed E-state index contributed by atoms with van der Waals surface area (Å²) in [5.74, 6) is -0.163. The van der Waals surface area contributed by atoms with Crippen LogP contribution in [0.2, 0.25) is 0 Å². The Labute approximate surface area is 163 Å². The highest BCUT2D eigenvalue weighted by atomic mass is 19.4. The number of nitrogens with zero attached hydrogens (tertiary/aromatic N) is 5. The number of nitriles is 1. The molecular formula is C18H16F3N5O3. The standard InChI is InChI=1S/C18H16F3N5O3/c1-29-14-3-2-11(8-12(14)18(19,20)21)13-9-16(24-15(10-22)23-13)25-4-6-26(7-5-25)17(27)28/h2-3,8-9H,4-7H2,1H3,(H,27,28). The molecule has 0 saturated carbocycles. The number of rotatable bonds is 3. The number of carboxylic acid groups (broad SMARTS) is 1. The van der Waals surface area contributed by atoms with Crippen LogP contribution in [-0.2, 0) is 6.18 Å². The minimum atomic E-state index is -4.62. The number of aromatic nitrogens is 2. The first-order valence-corrected chi connectivity index (χ1v) is 8.50. The van der Waals surface area contributed by atoms with Crippen LogP contribution in [0.1, 0.15) is 11.4 Å². The highest BCUT2D eigenvalue weighted by molar-refractivity contribution is 5.67. The van der Waals surface area contributed by atoms with Crippen molar-refractivity contribution in [1.82, 2.24) is 14.9 Å². The second-order valence-electron chi connectivity index (χ2n) is 6.22. The van der Waals surface area contributed by atoms with E-state index in [-0.39, 0.29) is 35.9 Å². The van der Waals surface area contributed by atoms with E-state index >= 15 is 0 Å². The van der Waals surface area contributed by atoms with E-state index in [0.717, 1.165) is 13.2 Å². The summed E-state index contributed by atoms with van der Waals surface area (Å²) in [5, 5.41) is 18.3. The maximum absolute atomic E-state index is 13.3. The van der Waals surface area contributed by atoms with Crippen molar-refractivity contribution in [3.05, 3.63) is 35.7 Å². The summed E-state index contributed by atoms with van der Waals surface area (Å²) in [6.45, 7) is 1.17. The summed E-state index contributed by atoms with van der Waals surface area (Å²) in [7, 11) is 1.15. The van der Waals surface area contributed by atoms with E-state index in [9.17, 15) is 23.2 Å². The molecule has 0 spiro atoms. The molecule has 0 radical (unpaired) electrons. The number of carbonyl (C=O) groups is 1. The number of hydrogen-bond donors (Lipinski definition) is 1. The van der Waals surface area contributed by atoms with Crippen LogP contribution < -0.4 is 9.64 Å². The molecule has 1 aromatic carbocycles. The van der Waals surface area contributed by atoms with Crippen molar-refractivity contribution in [3.8, 4) is 23.1 Å². The zero-order valence-electron chi connectivity index (χ0n) is 15.3. The van der Waals surface area contributed by atoms with E-state index in [4.69, 9.17) is 9.84 Å². The Morgan fingerprint density at radius 2 is 1.90 bits per heavy atom. The van der Waals surface area contributed by atoms with Gasteiger partial charge in [0.2, 0.25) is 5.82 Å². The molecule has 29 heavy (non-hydrogen) atoms. The van der Waals surface area contributed by atoms with Crippen LogP contribution in [0.4, 0.5) is 23.8 Å². The quantitative estimate of drug-likeness (QED) is 0.835. The lowest BCUT2D eigenvalue weighted by Crippen LogP contribution is -2.48. The number of amides is 1. The Hall–Kier alpha value is -3.55. The molecule has 1 aromatic heterocycles. The predicted octanol–water partition coefficient (Wildman–Crippen LogP) is 2.84. The summed E-state index contributed by atoms with van der Waals surface area (Å²) in [5.41, 5.74) is -0.644. The van der Waals surface area contributed by atoms with Gasteiger partial charge in [0.25, 0.3) is 0 Å². The number of halogens is 3. The van der Waals surface area contributed by atoms with Gasteiger partial charge >= 0.3 is 12.3 Å². The van der Waals surface area contributed by atoms with Crippen molar-refractivity contribution in [2.45, 2.75) is 6.18 Å². The third kappa shape index (κ3) is 4.31. The fraction of sp³-hybridized carbons (Fsp3) is 0.333. The maximum Gasteiger partial charge on any atom is 0.419 e. The van der Waals surface area contributed by atoms with Crippen molar-refractivity contribution in [2.75, 3.05) is 38.2 Å². The fourth-order valence-electron chi connectivity index (χ4n) is 3.01. The molecule has 152 valence electrons. The molecular weight excluding hydrogens is 391 g/mol. The first-order chi connectivity index (χ1) is 13.7. The van der Waals surface area contributed by atoms with E-state index < -0.39 is 17.8 Å². The Kier molecular flexibility index (Phi) is 5.45. The van der Waals surface area contributed by atoms with Gasteiger partial charge in [-0.3, -0.25) is 0 Å². The number of ether oxygens (including phenoxy) is 1. The average molecular weight is 407 g/mol. The number of piperazine rings is 1. The summed E-state index contributed by atoms with van der Waals surface area (Å²) < 4.78 is 44.8. The summed E-state index contributed by atoms with van der Waals surface area (Å²) in [6.07, 6.45) is -5.65. The Bertz CT molecular complexity index is 966. The van der Waals surface area contributed by atoms with Gasteiger partial charge in [-0.15, -0.1) is 0 Å². The number of alkyl halides is 3. The van der Waals surface area contributed by atoms with Crippen molar-refractivity contribution < 1.29 is 27.8 Å². The zero-order chi connectivity index (χ0) is 21.2. The largest absolute Gasteiger partial charge is 0.496 e. The molecule has 1 N–H and O–H groups in total. The van der Waals surface area contributed by atoms with Crippen LogP contribution in [0.3, 0.4) is 0 Å². The third-order valence-corrected chi connectivity index (χ3v) is 4.49. The molecule has 1 saturated heterocycles. The minimum absolute atomic E-state index is 0.153. The second-order valence-corrected chi connectivity index (χ2v) is 6.22. The molecule has 2 heterocycles. The normalized spacial score (nSPS) is 14.4. The topological polar surface area (TPSA) is 103 Å². The Morgan fingerprint density at radius 3 is 2.45 bits per heavy atom. The van der Waals surface area contributed by atoms with Gasteiger partial charge in [0.15, 0.2) is 0 Å². The highest BCUT2D eigenvalue weighted by Gasteiger charge is 2.34. The average Bonchev–Trinajstić information content (AvgIpc) is 2.72. The third-order valence-electron chi connectivity index (χ3n) is 4.49. The lowest BCUT2D eigenvalue weighted by atomic mass is 10.1. The van der Waals surface area contributed by atoms with Crippen LogP contribution in [0.25, 0.3) is 11.3 Å². The zero-order valence-corrected chi connectivity index (χ0v) is 15.3. The van der Waals surface area contributed by atoms with Gasteiger partial charge in [0.1, 0.15) is 17.6 Å². The molecule has 3 rings (SSSR count). The maximum atomic E-state index is 13.3. The van der Waals surface area contributed by atoms with Crippen LogP contribution in [0, 0.1) is 11.3 Å². The molecule has 2 aromatic rings. The molecule has 1 amide bonds. The summed E-state index contributed by atoms with van der Waals surface area (Å²) >= 11 is 0. The molecule has 1 fully saturated rings. The predicted molar refractivity (Wildman–Crippen MR) is 95.5 cm³/mol. The van der Waals surface area contributed by atoms with Gasteiger partial charge in [-0.25, -0.2) is 14.8 Å². The lowest BCUT2D eigenvalue weighted by Gasteiger charge is -2.33. The minimum Gasteiger partial charge on any atom is -0.496 e. The lowest BCUT2D eigenvalue weighted by molar-refractivity contribution is -0.138. The first-order valence-electron chi connectivity index (χ1n) is 8.50. The highest BCUT2D eigenvalue weighted by Crippen LogP contribution is 2.38. The van der Waals surface area contributed by atoms with Gasteiger partial charge < -0.3 is 19.6 Å². The molecule has 0 bridgehead atoms. The number of benzene rings is 1. The van der Waals surface area contributed by atoms with E-state index in [1.165, 1.54) is 23.1 Å². The van der Waals surface area contributed by atoms with Gasteiger partial charge in [-0.2, -0.15) is 18.4 Å². The van der Waals surface area contributed by atoms with Crippen LogP contribution in [0.15, 0.2) is 24.3 Å². The van der Waals surface area contributed by atoms with Crippen LogP contribution in [-0.4, -0.2) is 59.4 Å². The van der Waals surface area contributed by atoms with Crippen molar-refractivity contribution in [3.63, 3.8) is 0 Å². The van der Waals surface area contributed by atoms with E-state index in [0.29, 0.717) is 18.9 Å². The summed E-state index contributed by atoms with van der Waals surface area (Å²) in [6, 6.07) is 6.82. The van der Waals surface area contributed by atoms with Gasteiger partial charge in [0.05, 0.1) is 18.4 Å². The number of methoxy groups -OCH3 is 1. The van der Waals surface area contributed by atoms with Gasteiger partial charge in [-0.05, 0) is 18.2 Å². The van der Waals surface area contributed by atoms with Crippen molar-refractivity contribution in [2.24, 2.45) is 0 Å². The van der Waals surface area contributed by atoms with E-state index in [2.05, 4.69) is 9.97 Å². The van der Waals surface area contributed by atoms with Crippen molar-refractivity contribution in [1.29, 1.82) is 5.26 Å². The SMILES string of the molecule is COc1ccc(-c2cc(N3CCN(C(=O)O)CC3)nc(C#N)n2)cc1C(F)(F)F. The molecule has 1 aliphatic rings. The fourth-order valence-corrected chi connectivity index (χ4v) is 3.01. The monoisotopic (exact) mass is 407 g/mol. The van der Waals surface area contributed by atoms with Gasteiger partial charge in [0, 0.05) is 37.8 Å². The van der Waals surface area contributed by atoms with Gasteiger partial charge in [-0.1, -0.05) is 0 Å². The number of anilines is 1. The van der Waals surface area contributed by atoms with Crippen LogP contribution in [0.5, 0.6) is 5.75 Å². The molecule has 0 atom stereocenters.